The Hall–Kier alpha value is -0.970. The first-order valence-electron chi connectivity index (χ1n) is 9.38. The monoisotopic (exact) mass is 345 g/mol. The van der Waals surface area contributed by atoms with Crippen LogP contribution in [0.5, 0.6) is 0 Å². The number of likely N-dealkylation sites (tertiary alicyclic amines) is 1. The van der Waals surface area contributed by atoms with E-state index < -0.39 is 0 Å². The Kier molecular flexibility index (Phi) is 5.90. The molecule has 1 N–H and O–H groups in total. The van der Waals surface area contributed by atoms with Crippen LogP contribution in [0.3, 0.4) is 0 Å². The number of thiazole rings is 1. The quantitative estimate of drug-likeness (QED) is 0.880. The van der Waals surface area contributed by atoms with Crippen LogP contribution >= 0.6 is 11.3 Å². The van der Waals surface area contributed by atoms with E-state index in [4.69, 9.17) is 4.98 Å². The molecule has 4 rings (SSSR count). The number of benzene rings is 1. The van der Waals surface area contributed by atoms with Gasteiger partial charge < -0.3 is 10.2 Å². The van der Waals surface area contributed by atoms with Gasteiger partial charge in [0.05, 0.1) is 10.2 Å². The molecule has 2 aliphatic heterocycles. The second-order valence-corrected chi connectivity index (χ2v) is 8.59. The molecule has 1 aromatic carbocycles. The second kappa shape index (κ2) is 7.94. The maximum atomic E-state index is 4.86. The highest BCUT2D eigenvalue weighted by Gasteiger charge is 2.39. The number of para-hydroxylation sites is 1. The Morgan fingerprint density at radius 2 is 2.21 bits per heavy atom. The van der Waals surface area contributed by atoms with Crippen LogP contribution in [0, 0.1) is 5.92 Å². The first-order chi connectivity index (χ1) is 11.6. The summed E-state index contributed by atoms with van der Waals surface area (Å²) in [7, 11) is 2.21. The smallest absolute Gasteiger partial charge is 0.101 e. The summed E-state index contributed by atoms with van der Waals surface area (Å²) in [4.78, 5) is 7.29. The van der Waals surface area contributed by atoms with Gasteiger partial charge in [0.1, 0.15) is 5.01 Å². The molecule has 2 saturated heterocycles. The Balaban J connectivity index is 0.000000203. The van der Waals surface area contributed by atoms with Crippen LogP contribution in [0.4, 0.5) is 0 Å². The minimum Gasteiger partial charge on any atom is -0.316 e. The van der Waals surface area contributed by atoms with Crippen molar-refractivity contribution in [2.24, 2.45) is 5.92 Å². The predicted molar refractivity (Wildman–Crippen MR) is 105 cm³/mol. The molecule has 0 radical (unpaired) electrons. The van der Waals surface area contributed by atoms with Gasteiger partial charge in [0.15, 0.2) is 0 Å². The van der Waals surface area contributed by atoms with Crippen molar-refractivity contribution < 1.29 is 0 Å². The van der Waals surface area contributed by atoms with E-state index in [2.05, 4.69) is 55.4 Å². The molecule has 2 unspecified atom stereocenters. The molecule has 3 heterocycles. The van der Waals surface area contributed by atoms with E-state index in [9.17, 15) is 0 Å². The lowest BCUT2D eigenvalue weighted by atomic mass is 9.85. The van der Waals surface area contributed by atoms with Gasteiger partial charge in [0.2, 0.25) is 0 Å². The molecule has 4 heteroatoms. The number of rotatable bonds is 2. The summed E-state index contributed by atoms with van der Waals surface area (Å²) in [6, 6.07) is 8.48. The van der Waals surface area contributed by atoms with Crippen molar-refractivity contribution in [2.75, 3.05) is 33.2 Å². The highest BCUT2D eigenvalue weighted by Crippen LogP contribution is 2.40. The van der Waals surface area contributed by atoms with Crippen molar-refractivity contribution in [2.45, 2.75) is 44.9 Å². The number of hydrogen-bond acceptors (Lipinski definition) is 4. The zero-order valence-corrected chi connectivity index (χ0v) is 16.2. The van der Waals surface area contributed by atoms with Crippen LogP contribution in [-0.2, 0) is 5.41 Å². The average Bonchev–Trinajstić information content (AvgIpc) is 3.20. The van der Waals surface area contributed by atoms with Gasteiger partial charge in [-0.15, -0.1) is 11.3 Å². The Labute approximate surface area is 150 Å². The second-order valence-electron chi connectivity index (χ2n) is 7.56. The van der Waals surface area contributed by atoms with Crippen molar-refractivity contribution in [3.05, 3.63) is 29.3 Å². The van der Waals surface area contributed by atoms with E-state index in [1.807, 2.05) is 11.3 Å². The lowest BCUT2D eigenvalue weighted by molar-refractivity contribution is 0.360. The number of hydrogen-bond donors (Lipinski definition) is 1. The summed E-state index contributed by atoms with van der Waals surface area (Å²) < 4.78 is 1.32. The standard InChI is InChI=1S/C14H18N2S.C6H13N/c1-3-14(8-9-16(2)10-14)13-15-11-6-4-5-7-12(11)17-13;1-6-3-2-4-7-5-6/h4-7H,3,8-10H2,1-2H3;6-7H,2-5H2,1H3. The van der Waals surface area contributed by atoms with Crippen LogP contribution in [0.15, 0.2) is 24.3 Å². The summed E-state index contributed by atoms with van der Waals surface area (Å²) >= 11 is 1.88. The Morgan fingerprint density at radius 1 is 1.38 bits per heavy atom. The lowest BCUT2D eigenvalue weighted by Gasteiger charge is -2.24. The summed E-state index contributed by atoms with van der Waals surface area (Å²) in [6.07, 6.45) is 5.24. The third-order valence-electron chi connectivity index (χ3n) is 5.51. The van der Waals surface area contributed by atoms with Gasteiger partial charge in [0.25, 0.3) is 0 Å². The van der Waals surface area contributed by atoms with E-state index in [0.717, 1.165) is 18.0 Å². The Morgan fingerprint density at radius 3 is 2.75 bits per heavy atom. The van der Waals surface area contributed by atoms with Crippen LogP contribution < -0.4 is 5.32 Å². The molecule has 1 aromatic heterocycles. The number of nitrogens with zero attached hydrogens (tertiary/aromatic N) is 2. The normalized spacial score (nSPS) is 27.9. The fourth-order valence-electron chi connectivity index (χ4n) is 3.82. The van der Waals surface area contributed by atoms with Crippen LogP contribution in [0.25, 0.3) is 10.2 Å². The van der Waals surface area contributed by atoms with E-state index in [-0.39, 0.29) is 0 Å². The summed E-state index contributed by atoms with van der Waals surface area (Å²) in [5, 5.41) is 4.67. The van der Waals surface area contributed by atoms with E-state index in [0.29, 0.717) is 5.41 Å². The fraction of sp³-hybridized carbons (Fsp3) is 0.650. The summed E-state index contributed by atoms with van der Waals surface area (Å²) in [6.45, 7) is 9.43. The maximum absolute atomic E-state index is 4.86. The van der Waals surface area contributed by atoms with Gasteiger partial charge in [-0.3, -0.25) is 0 Å². The minimum atomic E-state index is 0.304. The van der Waals surface area contributed by atoms with Gasteiger partial charge in [-0.25, -0.2) is 4.98 Å². The number of piperidine rings is 1. The SMILES string of the molecule is CC1CCCNC1.CCC1(c2nc3ccccc3s2)CCN(C)C1. The van der Waals surface area contributed by atoms with Crippen molar-refractivity contribution in [1.82, 2.24) is 15.2 Å². The zero-order valence-electron chi connectivity index (χ0n) is 15.3. The Bertz CT molecular complexity index is 614. The van der Waals surface area contributed by atoms with Crippen molar-refractivity contribution in [1.29, 1.82) is 0 Å². The molecular weight excluding hydrogens is 314 g/mol. The minimum absolute atomic E-state index is 0.304. The fourth-order valence-corrected chi connectivity index (χ4v) is 5.06. The summed E-state index contributed by atoms with van der Waals surface area (Å²) in [5.41, 5.74) is 1.47. The average molecular weight is 346 g/mol. The van der Waals surface area contributed by atoms with Crippen molar-refractivity contribution >= 4 is 21.6 Å². The van der Waals surface area contributed by atoms with Crippen LogP contribution in [-0.4, -0.2) is 43.1 Å². The van der Waals surface area contributed by atoms with Gasteiger partial charge in [0, 0.05) is 12.0 Å². The first kappa shape index (κ1) is 17.8. The zero-order chi connectivity index (χ0) is 17.0. The lowest BCUT2D eigenvalue weighted by Crippen LogP contribution is -2.28. The van der Waals surface area contributed by atoms with Crippen LogP contribution in [0.2, 0.25) is 0 Å². The molecule has 0 amide bonds. The number of nitrogens with one attached hydrogen (secondary N) is 1. The highest BCUT2D eigenvalue weighted by atomic mass is 32.1. The molecule has 0 saturated carbocycles. The topological polar surface area (TPSA) is 28.2 Å². The molecule has 2 aliphatic rings. The molecule has 24 heavy (non-hydrogen) atoms. The molecule has 3 nitrogen and oxygen atoms in total. The maximum Gasteiger partial charge on any atom is 0.101 e. The van der Waals surface area contributed by atoms with Crippen molar-refractivity contribution in [3.8, 4) is 0 Å². The molecular formula is C20H31N3S. The van der Waals surface area contributed by atoms with Gasteiger partial charge in [-0.05, 0) is 70.4 Å². The molecule has 2 fully saturated rings. The van der Waals surface area contributed by atoms with Crippen molar-refractivity contribution in [3.63, 3.8) is 0 Å². The molecule has 132 valence electrons. The predicted octanol–water partition coefficient (Wildman–Crippen LogP) is 4.29. The van der Waals surface area contributed by atoms with Gasteiger partial charge in [-0.2, -0.15) is 0 Å². The van der Waals surface area contributed by atoms with E-state index in [1.54, 1.807) is 0 Å². The molecule has 0 bridgehead atoms. The molecule has 0 aliphatic carbocycles. The first-order valence-corrected chi connectivity index (χ1v) is 10.2. The summed E-state index contributed by atoms with van der Waals surface area (Å²) in [5.74, 6) is 0.925. The number of fused-ring (bicyclic) bond motifs is 1. The largest absolute Gasteiger partial charge is 0.316 e. The molecule has 2 atom stereocenters. The van der Waals surface area contributed by atoms with E-state index in [1.165, 1.54) is 55.0 Å². The van der Waals surface area contributed by atoms with Gasteiger partial charge >= 0.3 is 0 Å². The molecule has 2 aromatic rings. The van der Waals surface area contributed by atoms with Gasteiger partial charge in [-0.1, -0.05) is 26.0 Å². The highest BCUT2D eigenvalue weighted by molar-refractivity contribution is 7.18. The number of aromatic nitrogens is 1. The number of likely N-dealkylation sites (N-methyl/N-ethyl adjacent to an activating group) is 1. The van der Waals surface area contributed by atoms with Crippen LogP contribution in [0.1, 0.15) is 44.5 Å². The van der Waals surface area contributed by atoms with E-state index >= 15 is 0 Å². The molecule has 0 spiro atoms. The third kappa shape index (κ3) is 3.98. The third-order valence-corrected chi connectivity index (χ3v) is 6.80.